The molecule has 0 atom stereocenters. The van der Waals surface area contributed by atoms with Gasteiger partial charge in [-0.15, -0.1) is 0 Å². The van der Waals surface area contributed by atoms with Crippen LogP contribution < -0.4 is 15.8 Å². The van der Waals surface area contributed by atoms with Gasteiger partial charge in [-0.2, -0.15) is 0 Å². The highest BCUT2D eigenvalue weighted by molar-refractivity contribution is 7.88. The van der Waals surface area contributed by atoms with Gasteiger partial charge in [0.05, 0.1) is 6.26 Å². The number of hydrogen-bond donors (Lipinski definition) is 2. The first-order valence-corrected chi connectivity index (χ1v) is 14.5. The maximum Gasteiger partial charge on any atom is 0.253 e. The minimum Gasteiger partial charge on any atom is -0.368 e. The van der Waals surface area contributed by atoms with Gasteiger partial charge in [-0.25, -0.2) is 12.7 Å². The highest BCUT2D eigenvalue weighted by Gasteiger charge is 2.29. The summed E-state index contributed by atoms with van der Waals surface area (Å²) in [7, 11) is -3.19. The van der Waals surface area contributed by atoms with Gasteiger partial charge in [0.15, 0.2) is 0 Å². The number of H-pyrrole nitrogens is 1. The molecule has 1 amide bonds. The molecule has 0 saturated carbocycles. The second-order valence-electron chi connectivity index (χ2n) is 9.66. The Morgan fingerprint density at radius 2 is 1.86 bits per heavy atom. The number of nitrogens with zero attached hydrogens (tertiary/aromatic N) is 2. The predicted molar refractivity (Wildman–Crippen MR) is 143 cm³/mol. The van der Waals surface area contributed by atoms with Crippen LogP contribution in [0.1, 0.15) is 58.9 Å². The number of sulfonamides is 1. The topological polar surface area (TPSA) is 103 Å². The Kier molecular flexibility index (Phi) is 8.00. The van der Waals surface area contributed by atoms with Gasteiger partial charge in [0.2, 0.25) is 10.0 Å². The minimum atomic E-state index is -3.19. The van der Waals surface area contributed by atoms with Crippen LogP contribution in [-0.4, -0.2) is 55.5 Å². The molecule has 0 spiro atoms. The van der Waals surface area contributed by atoms with Crippen molar-refractivity contribution in [2.75, 3.05) is 30.8 Å². The van der Waals surface area contributed by atoms with Crippen LogP contribution in [0, 0.1) is 6.92 Å². The first kappa shape index (κ1) is 26.2. The van der Waals surface area contributed by atoms with Crippen molar-refractivity contribution in [2.24, 2.45) is 0 Å². The Hall–Kier alpha value is -2.91. The highest BCUT2D eigenvalue weighted by atomic mass is 32.2. The molecular formula is C27H36N4O4S. The third-order valence-corrected chi connectivity index (χ3v) is 8.54. The Bertz CT molecular complexity index is 1310. The molecule has 1 aromatic heterocycles. The van der Waals surface area contributed by atoms with Gasteiger partial charge in [-0.1, -0.05) is 18.2 Å². The maximum atomic E-state index is 13.4. The molecule has 0 aliphatic carbocycles. The van der Waals surface area contributed by atoms with Crippen molar-refractivity contribution >= 4 is 21.6 Å². The molecule has 2 aliphatic heterocycles. The number of fused-ring (bicyclic) bond motifs is 2. The number of rotatable bonds is 4. The molecule has 3 heterocycles. The van der Waals surface area contributed by atoms with E-state index < -0.39 is 10.0 Å². The molecule has 8 nitrogen and oxygen atoms in total. The number of piperidine rings is 1. The van der Waals surface area contributed by atoms with Crippen molar-refractivity contribution in [3.8, 4) is 0 Å². The molecule has 0 bridgehead atoms. The van der Waals surface area contributed by atoms with Crippen LogP contribution >= 0.6 is 0 Å². The van der Waals surface area contributed by atoms with E-state index in [1.807, 2.05) is 25.1 Å². The van der Waals surface area contributed by atoms with E-state index in [1.54, 1.807) is 4.31 Å². The van der Waals surface area contributed by atoms with E-state index >= 15 is 0 Å². The second-order valence-corrected chi connectivity index (χ2v) is 11.6. The number of anilines is 1. The summed E-state index contributed by atoms with van der Waals surface area (Å²) >= 11 is 0. The van der Waals surface area contributed by atoms with E-state index in [9.17, 15) is 18.0 Å². The third-order valence-electron chi connectivity index (χ3n) is 7.24. The van der Waals surface area contributed by atoms with Crippen LogP contribution in [-0.2, 0) is 29.4 Å². The van der Waals surface area contributed by atoms with Crippen LogP contribution in [0.25, 0.3) is 0 Å². The lowest BCUT2D eigenvalue weighted by Crippen LogP contribution is -2.47. The molecule has 4 rings (SSSR count). The maximum absolute atomic E-state index is 13.4. The summed E-state index contributed by atoms with van der Waals surface area (Å²) in [6, 6.07) is 7.99. The summed E-state index contributed by atoms with van der Waals surface area (Å²) in [4.78, 5) is 31.2. The summed E-state index contributed by atoms with van der Waals surface area (Å²) in [5, 5.41) is 2.98. The van der Waals surface area contributed by atoms with E-state index in [1.165, 1.54) is 6.26 Å². The number of carbonyl (C=O) groups is 1. The molecule has 0 radical (unpaired) electrons. The molecule has 1 saturated heterocycles. The standard InChI is InChI=1S/C27H36N4O4S/c1-4-31(21-13-15-30(16-14-21)36(3,34)35)25-12-8-11-23-22(25)10-7-5-6-9-20-17-19(2)29-27(33)24(20)18-28-26(23)32/h5,7-8,11-12,17,21H,4,6,9-10,13-16,18H2,1-3H3,(H,28,32)(H,29,33). The second kappa shape index (κ2) is 11.0. The van der Waals surface area contributed by atoms with E-state index in [-0.39, 0.29) is 24.1 Å². The summed E-state index contributed by atoms with van der Waals surface area (Å²) < 4.78 is 25.5. The van der Waals surface area contributed by atoms with E-state index in [2.05, 4.69) is 40.3 Å². The SMILES string of the molecule is CCN(c1cccc2c1CC=CCCc1cc(C)[nH]c(=O)c1CNC2=O)C1CCN(S(C)(=O)=O)CC1. The zero-order chi connectivity index (χ0) is 25.9. The molecule has 2 aliphatic rings. The molecule has 9 heteroatoms. The first-order valence-electron chi connectivity index (χ1n) is 12.7. The van der Waals surface area contributed by atoms with Crippen LogP contribution in [0.5, 0.6) is 0 Å². The predicted octanol–water partition coefficient (Wildman–Crippen LogP) is 2.91. The number of benzene rings is 1. The Morgan fingerprint density at radius 3 is 2.56 bits per heavy atom. The van der Waals surface area contributed by atoms with Gasteiger partial charge in [-0.3, -0.25) is 9.59 Å². The lowest BCUT2D eigenvalue weighted by molar-refractivity contribution is 0.0950. The number of aromatic amines is 1. The number of carbonyl (C=O) groups excluding carboxylic acids is 1. The molecule has 2 N–H and O–H groups in total. The number of aromatic nitrogens is 1. The fourth-order valence-electron chi connectivity index (χ4n) is 5.41. The zero-order valence-electron chi connectivity index (χ0n) is 21.3. The average molecular weight is 513 g/mol. The highest BCUT2D eigenvalue weighted by Crippen LogP contribution is 2.30. The number of amides is 1. The Labute approximate surface area is 213 Å². The average Bonchev–Trinajstić information content (AvgIpc) is 2.83. The van der Waals surface area contributed by atoms with Gasteiger partial charge in [-0.05, 0) is 75.3 Å². The van der Waals surface area contributed by atoms with Crippen molar-refractivity contribution in [2.45, 2.75) is 58.5 Å². The van der Waals surface area contributed by atoms with Gasteiger partial charge in [0.25, 0.3) is 11.5 Å². The molecule has 2 aromatic rings. The van der Waals surface area contributed by atoms with Crippen molar-refractivity contribution in [1.29, 1.82) is 0 Å². The normalized spacial score (nSPS) is 17.9. The number of hydrogen-bond acceptors (Lipinski definition) is 5. The van der Waals surface area contributed by atoms with Crippen molar-refractivity contribution in [3.63, 3.8) is 0 Å². The third kappa shape index (κ3) is 5.73. The summed E-state index contributed by atoms with van der Waals surface area (Å²) in [5.41, 5.74) is 4.81. The van der Waals surface area contributed by atoms with Crippen LogP contribution in [0.2, 0.25) is 0 Å². The monoisotopic (exact) mass is 512 g/mol. The van der Waals surface area contributed by atoms with Crippen LogP contribution in [0.15, 0.2) is 41.2 Å². The molecular weight excluding hydrogens is 476 g/mol. The first-order chi connectivity index (χ1) is 17.2. The van der Waals surface area contributed by atoms with Crippen molar-refractivity contribution < 1.29 is 13.2 Å². The van der Waals surface area contributed by atoms with Crippen LogP contribution in [0.4, 0.5) is 5.69 Å². The Morgan fingerprint density at radius 1 is 1.11 bits per heavy atom. The Balaban J connectivity index is 1.65. The molecule has 1 fully saturated rings. The molecule has 1 aromatic carbocycles. The van der Waals surface area contributed by atoms with Crippen molar-refractivity contribution in [3.05, 3.63) is 74.7 Å². The number of aryl methyl sites for hydroxylation is 2. The summed E-state index contributed by atoms with van der Waals surface area (Å²) in [6.07, 6.45) is 9.15. The molecule has 194 valence electrons. The summed E-state index contributed by atoms with van der Waals surface area (Å²) in [6.45, 7) is 5.91. The largest absolute Gasteiger partial charge is 0.368 e. The van der Waals surface area contributed by atoms with Crippen molar-refractivity contribution in [1.82, 2.24) is 14.6 Å². The summed E-state index contributed by atoms with van der Waals surface area (Å²) in [5.74, 6) is -0.199. The van der Waals surface area contributed by atoms with Crippen LogP contribution in [0.3, 0.4) is 0 Å². The van der Waals surface area contributed by atoms with E-state index in [0.29, 0.717) is 30.6 Å². The van der Waals surface area contributed by atoms with Gasteiger partial charge >= 0.3 is 0 Å². The fraction of sp³-hybridized carbons (Fsp3) is 0.481. The van der Waals surface area contributed by atoms with E-state index in [4.69, 9.17) is 0 Å². The number of nitrogens with one attached hydrogen (secondary N) is 2. The minimum absolute atomic E-state index is 0.155. The fourth-order valence-corrected chi connectivity index (χ4v) is 6.28. The number of allylic oxidation sites excluding steroid dienone is 2. The lowest BCUT2D eigenvalue weighted by Gasteiger charge is -2.39. The quantitative estimate of drug-likeness (QED) is 0.614. The smallest absolute Gasteiger partial charge is 0.253 e. The van der Waals surface area contributed by atoms with Gasteiger partial charge in [0, 0.05) is 54.7 Å². The van der Waals surface area contributed by atoms with E-state index in [0.717, 1.165) is 54.7 Å². The van der Waals surface area contributed by atoms with Gasteiger partial charge in [0.1, 0.15) is 0 Å². The lowest BCUT2D eigenvalue weighted by atomic mass is 9.96. The molecule has 36 heavy (non-hydrogen) atoms. The number of pyridine rings is 1. The zero-order valence-corrected chi connectivity index (χ0v) is 22.2. The molecule has 0 unspecified atom stereocenters. The van der Waals surface area contributed by atoms with Gasteiger partial charge < -0.3 is 15.2 Å².